The van der Waals surface area contributed by atoms with E-state index in [-0.39, 0.29) is 5.91 Å². The van der Waals surface area contributed by atoms with Gasteiger partial charge in [0.15, 0.2) is 0 Å². The molecule has 19 heavy (non-hydrogen) atoms. The molecule has 0 saturated heterocycles. The number of nitrogens with one attached hydrogen (secondary N) is 2. The Kier molecular flexibility index (Phi) is 5.64. The van der Waals surface area contributed by atoms with Gasteiger partial charge in [-0.15, -0.1) is 0 Å². The van der Waals surface area contributed by atoms with Crippen LogP contribution >= 0.6 is 0 Å². The van der Waals surface area contributed by atoms with Crippen molar-refractivity contribution >= 4 is 5.91 Å². The van der Waals surface area contributed by atoms with Crippen molar-refractivity contribution in [3.63, 3.8) is 0 Å². The number of carbonyl (C=O) groups is 1. The van der Waals surface area contributed by atoms with E-state index in [1.54, 1.807) is 0 Å². The molecule has 2 fully saturated rings. The molecule has 0 radical (unpaired) electrons. The van der Waals surface area contributed by atoms with Gasteiger partial charge in [-0.25, -0.2) is 0 Å². The highest BCUT2D eigenvalue weighted by Gasteiger charge is 2.25. The molecule has 0 atom stereocenters. The van der Waals surface area contributed by atoms with Crippen molar-refractivity contribution in [2.45, 2.75) is 57.5 Å². The van der Waals surface area contributed by atoms with Gasteiger partial charge in [-0.3, -0.25) is 9.69 Å². The zero-order valence-electron chi connectivity index (χ0n) is 12.5. The van der Waals surface area contributed by atoms with Crippen LogP contribution in [0, 0.1) is 5.92 Å². The summed E-state index contributed by atoms with van der Waals surface area (Å²) < 4.78 is 0. The summed E-state index contributed by atoms with van der Waals surface area (Å²) in [5.74, 6) is 0.966. The summed E-state index contributed by atoms with van der Waals surface area (Å²) in [5.41, 5.74) is 0. The minimum atomic E-state index is 0.197. The fraction of sp³-hybridized carbons (Fsp3) is 0.933. The highest BCUT2D eigenvalue weighted by Crippen LogP contribution is 2.27. The molecule has 4 nitrogen and oxygen atoms in total. The van der Waals surface area contributed by atoms with Crippen molar-refractivity contribution in [3.05, 3.63) is 0 Å². The lowest BCUT2D eigenvalue weighted by molar-refractivity contribution is -0.122. The van der Waals surface area contributed by atoms with E-state index in [1.807, 2.05) is 0 Å². The molecule has 2 N–H and O–H groups in total. The SMILES string of the molecule is CCNC1CCC(N(C)CC(=O)NCC2CC2)CC1. The third-order valence-electron chi connectivity index (χ3n) is 4.49. The second kappa shape index (κ2) is 7.25. The van der Waals surface area contributed by atoms with Crippen LogP contribution < -0.4 is 10.6 Å². The lowest BCUT2D eigenvalue weighted by Gasteiger charge is -2.34. The molecule has 0 spiro atoms. The smallest absolute Gasteiger partial charge is 0.234 e. The number of nitrogens with zero attached hydrogens (tertiary/aromatic N) is 1. The van der Waals surface area contributed by atoms with Gasteiger partial charge in [0, 0.05) is 18.6 Å². The topological polar surface area (TPSA) is 44.4 Å². The Balaban J connectivity index is 1.62. The Morgan fingerprint density at radius 3 is 2.42 bits per heavy atom. The van der Waals surface area contributed by atoms with Gasteiger partial charge < -0.3 is 10.6 Å². The number of hydrogen-bond acceptors (Lipinski definition) is 3. The first-order valence-corrected chi connectivity index (χ1v) is 7.89. The van der Waals surface area contributed by atoms with Gasteiger partial charge >= 0.3 is 0 Å². The van der Waals surface area contributed by atoms with E-state index in [0.717, 1.165) is 19.0 Å². The number of carbonyl (C=O) groups excluding carboxylic acids is 1. The van der Waals surface area contributed by atoms with Crippen LogP contribution in [0.1, 0.15) is 45.4 Å². The molecule has 0 heterocycles. The van der Waals surface area contributed by atoms with Gasteiger partial charge in [0.05, 0.1) is 6.54 Å². The molecule has 4 heteroatoms. The van der Waals surface area contributed by atoms with Crippen LogP contribution in [0.15, 0.2) is 0 Å². The summed E-state index contributed by atoms with van der Waals surface area (Å²) in [6.07, 6.45) is 7.50. The van der Waals surface area contributed by atoms with Crippen molar-refractivity contribution in [2.24, 2.45) is 5.92 Å². The van der Waals surface area contributed by atoms with E-state index >= 15 is 0 Å². The normalized spacial score (nSPS) is 27.5. The zero-order valence-corrected chi connectivity index (χ0v) is 12.5. The number of amides is 1. The summed E-state index contributed by atoms with van der Waals surface area (Å²) in [6.45, 7) is 4.68. The second-order valence-electron chi connectivity index (χ2n) is 6.23. The summed E-state index contributed by atoms with van der Waals surface area (Å²) >= 11 is 0. The van der Waals surface area contributed by atoms with Crippen LogP contribution in [0.25, 0.3) is 0 Å². The minimum absolute atomic E-state index is 0.197. The first-order chi connectivity index (χ1) is 9.19. The maximum Gasteiger partial charge on any atom is 0.234 e. The lowest BCUT2D eigenvalue weighted by Crippen LogP contribution is -2.44. The molecular formula is C15H29N3O. The number of likely N-dealkylation sites (N-methyl/N-ethyl adjacent to an activating group) is 1. The molecule has 0 bridgehead atoms. The van der Waals surface area contributed by atoms with Gasteiger partial charge in [0.25, 0.3) is 0 Å². The predicted octanol–water partition coefficient (Wildman–Crippen LogP) is 1.37. The first-order valence-electron chi connectivity index (χ1n) is 7.89. The van der Waals surface area contributed by atoms with E-state index in [9.17, 15) is 4.79 Å². The van der Waals surface area contributed by atoms with E-state index in [2.05, 4.69) is 29.5 Å². The summed E-state index contributed by atoms with van der Waals surface area (Å²) in [4.78, 5) is 14.1. The zero-order chi connectivity index (χ0) is 13.7. The molecular weight excluding hydrogens is 238 g/mol. The quantitative estimate of drug-likeness (QED) is 0.732. The lowest BCUT2D eigenvalue weighted by atomic mass is 9.90. The van der Waals surface area contributed by atoms with Crippen molar-refractivity contribution in [1.29, 1.82) is 0 Å². The number of rotatable bonds is 7. The number of hydrogen-bond donors (Lipinski definition) is 2. The minimum Gasteiger partial charge on any atom is -0.355 e. The summed E-state index contributed by atoms with van der Waals surface area (Å²) in [6, 6.07) is 1.28. The van der Waals surface area contributed by atoms with E-state index in [4.69, 9.17) is 0 Å². The van der Waals surface area contributed by atoms with Crippen molar-refractivity contribution < 1.29 is 4.79 Å². The molecule has 0 aliphatic heterocycles. The van der Waals surface area contributed by atoms with Crippen molar-refractivity contribution in [1.82, 2.24) is 15.5 Å². The fourth-order valence-corrected chi connectivity index (χ4v) is 3.00. The Hall–Kier alpha value is -0.610. The Morgan fingerprint density at radius 1 is 1.16 bits per heavy atom. The van der Waals surface area contributed by atoms with Crippen LogP contribution in [-0.4, -0.2) is 49.6 Å². The van der Waals surface area contributed by atoms with Crippen molar-refractivity contribution in [3.8, 4) is 0 Å². The Morgan fingerprint density at radius 2 is 1.84 bits per heavy atom. The molecule has 2 saturated carbocycles. The molecule has 1 amide bonds. The molecule has 110 valence electrons. The molecule has 0 aromatic carbocycles. The standard InChI is InChI=1S/C15H29N3O/c1-3-16-13-6-8-14(9-7-13)18(2)11-15(19)17-10-12-4-5-12/h12-14,16H,3-11H2,1-2H3,(H,17,19). The summed E-state index contributed by atoms with van der Waals surface area (Å²) in [5, 5.41) is 6.58. The summed E-state index contributed by atoms with van der Waals surface area (Å²) in [7, 11) is 2.09. The van der Waals surface area contributed by atoms with Crippen LogP contribution in [0.2, 0.25) is 0 Å². The van der Waals surface area contributed by atoms with Gasteiger partial charge in [-0.1, -0.05) is 6.92 Å². The molecule has 0 aromatic heterocycles. The molecule has 2 rings (SSSR count). The molecule has 0 unspecified atom stereocenters. The van der Waals surface area contributed by atoms with Crippen LogP contribution in [0.4, 0.5) is 0 Å². The largest absolute Gasteiger partial charge is 0.355 e. The van der Waals surface area contributed by atoms with Gasteiger partial charge in [0.2, 0.25) is 5.91 Å². The highest BCUT2D eigenvalue weighted by atomic mass is 16.2. The Labute approximate surface area is 117 Å². The van der Waals surface area contributed by atoms with E-state index in [0.29, 0.717) is 18.6 Å². The highest BCUT2D eigenvalue weighted by molar-refractivity contribution is 5.78. The fourth-order valence-electron chi connectivity index (χ4n) is 3.00. The maximum absolute atomic E-state index is 11.8. The van der Waals surface area contributed by atoms with Crippen molar-refractivity contribution in [2.75, 3.05) is 26.7 Å². The predicted molar refractivity (Wildman–Crippen MR) is 78.1 cm³/mol. The Bertz CT molecular complexity index is 283. The molecule has 0 aromatic rings. The second-order valence-corrected chi connectivity index (χ2v) is 6.23. The average Bonchev–Trinajstić information content (AvgIpc) is 3.21. The van der Waals surface area contributed by atoms with Crippen LogP contribution in [0.3, 0.4) is 0 Å². The first kappa shape index (κ1) is 14.8. The van der Waals surface area contributed by atoms with Gasteiger partial charge in [-0.2, -0.15) is 0 Å². The van der Waals surface area contributed by atoms with Gasteiger partial charge in [-0.05, 0) is 58.0 Å². The maximum atomic E-state index is 11.8. The van der Waals surface area contributed by atoms with Crippen LogP contribution in [-0.2, 0) is 4.79 Å². The molecule has 2 aliphatic rings. The average molecular weight is 267 g/mol. The van der Waals surface area contributed by atoms with Gasteiger partial charge in [0.1, 0.15) is 0 Å². The monoisotopic (exact) mass is 267 g/mol. The van der Waals surface area contributed by atoms with E-state index in [1.165, 1.54) is 38.5 Å². The van der Waals surface area contributed by atoms with Crippen LogP contribution in [0.5, 0.6) is 0 Å². The van der Waals surface area contributed by atoms with E-state index < -0.39 is 0 Å². The molecule has 2 aliphatic carbocycles. The third kappa shape index (κ3) is 5.11. The third-order valence-corrected chi connectivity index (χ3v) is 4.49.